The maximum Gasteiger partial charge on any atom is 0.223 e. The van der Waals surface area contributed by atoms with Crippen molar-refractivity contribution in [1.29, 1.82) is 0 Å². The van der Waals surface area contributed by atoms with Gasteiger partial charge in [0.25, 0.3) is 0 Å². The van der Waals surface area contributed by atoms with E-state index in [2.05, 4.69) is 76.5 Å². The van der Waals surface area contributed by atoms with Gasteiger partial charge in [0.15, 0.2) is 0 Å². The molecule has 0 unspecified atom stereocenters. The first-order valence-corrected chi connectivity index (χ1v) is 10.6. The lowest BCUT2D eigenvalue weighted by molar-refractivity contribution is -0.125. The smallest absolute Gasteiger partial charge is 0.223 e. The fourth-order valence-electron chi connectivity index (χ4n) is 3.89. The highest BCUT2D eigenvalue weighted by molar-refractivity contribution is 5.79. The average molecular weight is 401 g/mol. The van der Waals surface area contributed by atoms with E-state index < -0.39 is 0 Å². The Balaban J connectivity index is 1.33. The Morgan fingerprint density at radius 3 is 2.50 bits per heavy atom. The van der Waals surface area contributed by atoms with Crippen LogP contribution in [-0.2, 0) is 11.3 Å². The van der Waals surface area contributed by atoms with Crippen LogP contribution in [0.2, 0.25) is 0 Å². The van der Waals surface area contributed by atoms with Gasteiger partial charge in [-0.2, -0.15) is 0 Å². The Kier molecular flexibility index (Phi) is 6.07. The van der Waals surface area contributed by atoms with E-state index in [0.717, 1.165) is 48.6 Å². The predicted octanol–water partition coefficient (Wildman–Crippen LogP) is 4.29. The lowest BCUT2D eigenvalue weighted by atomic mass is 9.95. The molecule has 0 spiro atoms. The maximum absolute atomic E-state index is 12.6. The molecule has 1 aromatic heterocycles. The summed E-state index contributed by atoms with van der Waals surface area (Å²) in [6.07, 6.45) is 3.31. The highest BCUT2D eigenvalue weighted by Crippen LogP contribution is 2.25. The van der Waals surface area contributed by atoms with E-state index in [9.17, 15) is 4.79 Å². The summed E-state index contributed by atoms with van der Waals surface area (Å²) in [7, 11) is 0. The number of aromatic nitrogens is 2. The topological polar surface area (TPSA) is 58.1 Å². The number of nitrogens with zero attached hydrogens (tertiary/aromatic N) is 3. The van der Waals surface area contributed by atoms with Gasteiger partial charge in [-0.05, 0) is 38.3 Å². The third kappa shape index (κ3) is 4.85. The molecule has 1 saturated heterocycles. The molecule has 3 aromatic rings. The minimum atomic E-state index is 0.0600. The van der Waals surface area contributed by atoms with Crippen LogP contribution < -0.4 is 10.2 Å². The monoisotopic (exact) mass is 400 g/mol. The zero-order valence-corrected chi connectivity index (χ0v) is 17.6. The molecule has 5 nitrogen and oxygen atoms in total. The zero-order valence-electron chi connectivity index (χ0n) is 17.6. The van der Waals surface area contributed by atoms with E-state index in [1.54, 1.807) is 6.33 Å². The molecule has 0 saturated carbocycles. The van der Waals surface area contributed by atoms with Crippen molar-refractivity contribution >= 4 is 11.7 Å². The molecule has 154 valence electrons. The third-order valence-electron chi connectivity index (χ3n) is 5.74. The van der Waals surface area contributed by atoms with Crippen molar-refractivity contribution in [2.45, 2.75) is 33.2 Å². The highest BCUT2D eigenvalue weighted by atomic mass is 16.1. The molecule has 30 heavy (non-hydrogen) atoms. The molecule has 4 rings (SSSR count). The van der Waals surface area contributed by atoms with E-state index in [4.69, 9.17) is 0 Å². The van der Waals surface area contributed by atoms with Crippen LogP contribution in [0.25, 0.3) is 11.3 Å². The van der Waals surface area contributed by atoms with Gasteiger partial charge >= 0.3 is 0 Å². The normalized spacial score (nSPS) is 14.5. The van der Waals surface area contributed by atoms with Gasteiger partial charge in [0, 0.05) is 37.2 Å². The second-order valence-corrected chi connectivity index (χ2v) is 8.10. The second-order valence-electron chi connectivity index (χ2n) is 8.10. The number of benzene rings is 2. The van der Waals surface area contributed by atoms with Crippen LogP contribution in [0.3, 0.4) is 0 Å². The van der Waals surface area contributed by atoms with E-state index >= 15 is 0 Å². The highest BCUT2D eigenvalue weighted by Gasteiger charge is 2.25. The zero-order chi connectivity index (χ0) is 20.9. The van der Waals surface area contributed by atoms with Crippen LogP contribution in [0, 0.1) is 19.8 Å². The van der Waals surface area contributed by atoms with E-state index in [1.807, 2.05) is 12.1 Å². The number of amides is 1. The minimum absolute atomic E-state index is 0.0600. The lowest BCUT2D eigenvalue weighted by Gasteiger charge is -2.32. The molecule has 1 N–H and O–H groups in total. The summed E-state index contributed by atoms with van der Waals surface area (Å²) in [4.78, 5) is 23.8. The number of carbonyl (C=O) groups excluding carboxylic acids is 1. The van der Waals surface area contributed by atoms with Gasteiger partial charge in [0.1, 0.15) is 12.1 Å². The number of hydrogen-bond donors (Lipinski definition) is 1. The minimum Gasteiger partial charge on any atom is -0.356 e. The molecule has 1 aliphatic rings. The molecular formula is C25H28N4O. The third-order valence-corrected chi connectivity index (χ3v) is 5.74. The first-order valence-electron chi connectivity index (χ1n) is 10.6. The Bertz CT molecular complexity index is 1010. The van der Waals surface area contributed by atoms with E-state index in [-0.39, 0.29) is 11.8 Å². The summed E-state index contributed by atoms with van der Waals surface area (Å²) in [5.41, 5.74) is 5.61. The van der Waals surface area contributed by atoms with Crippen molar-refractivity contribution < 1.29 is 4.79 Å². The first-order chi connectivity index (χ1) is 14.6. The molecule has 1 aliphatic heterocycles. The summed E-state index contributed by atoms with van der Waals surface area (Å²) in [6, 6.07) is 18.7. The molecule has 1 fully saturated rings. The van der Waals surface area contributed by atoms with Crippen molar-refractivity contribution in [3.05, 3.63) is 77.6 Å². The molecule has 2 heterocycles. The van der Waals surface area contributed by atoms with Crippen molar-refractivity contribution in [3.63, 3.8) is 0 Å². The Morgan fingerprint density at radius 2 is 1.77 bits per heavy atom. The van der Waals surface area contributed by atoms with Gasteiger partial charge in [0.2, 0.25) is 5.91 Å². The largest absolute Gasteiger partial charge is 0.356 e. The molecule has 0 bridgehead atoms. The second kappa shape index (κ2) is 9.08. The fraction of sp³-hybridized carbons (Fsp3) is 0.320. The average Bonchev–Trinajstić information content (AvgIpc) is 2.79. The van der Waals surface area contributed by atoms with Gasteiger partial charge in [-0.25, -0.2) is 9.97 Å². The van der Waals surface area contributed by atoms with Gasteiger partial charge in [-0.3, -0.25) is 4.79 Å². The number of nitrogens with one attached hydrogen (secondary N) is 1. The van der Waals surface area contributed by atoms with Crippen LogP contribution in [0.15, 0.2) is 60.9 Å². The number of rotatable bonds is 5. The summed E-state index contributed by atoms with van der Waals surface area (Å²) < 4.78 is 0. The summed E-state index contributed by atoms with van der Waals surface area (Å²) >= 11 is 0. The predicted molar refractivity (Wildman–Crippen MR) is 120 cm³/mol. The fourth-order valence-corrected chi connectivity index (χ4v) is 3.89. The summed E-state index contributed by atoms with van der Waals surface area (Å²) in [5.74, 6) is 1.14. The van der Waals surface area contributed by atoms with Gasteiger partial charge < -0.3 is 10.2 Å². The van der Waals surface area contributed by atoms with Crippen LogP contribution >= 0.6 is 0 Å². The van der Waals surface area contributed by atoms with E-state index in [1.165, 1.54) is 11.1 Å². The number of carbonyl (C=O) groups is 1. The number of piperidine rings is 1. The lowest BCUT2D eigenvalue weighted by Crippen LogP contribution is -2.40. The SMILES string of the molecule is Cc1ccc(CNC(=O)C2CCN(c3cc(-c4cccc(C)c4)ncn3)CC2)cc1. The number of aryl methyl sites for hydroxylation is 2. The Hall–Kier alpha value is -3.21. The molecule has 0 aliphatic carbocycles. The number of anilines is 1. The van der Waals surface area contributed by atoms with Crippen LogP contribution in [-0.4, -0.2) is 29.0 Å². The molecule has 0 atom stereocenters. The quantitative estimate of drug-likeness (QED) is 0.694. The first kappa shape index (κ1) is 20.1. The van der Waals surface area contributed by atoms with Gasteiger partial charge in [-0.15, -0.1) is 0 Å². The molecule has 2 aromatic carbocycles. The Morgan fingerprint density at radius 1 is 1.00 bits per heavy atom. The van der Waals surface area contributed by atoms with Crippen molar-refractivity contribution in [2.75, 3.05) is 18.0 Å². The van der Waals surface area contributed by atoms with Crippen molar-refractivity contribution in [2.24, 2.45) is 5.92 Å². The van der Waals surface area contributed by atoms with Crippen LogP contribution in [0.5, 0.6) is 0 Å². The molecular weight excluding hydrogens is 372 g/mol. The van der Waals surface area contributed by atoms with Crippen molar-refractivity contribution in [3.8, 4) is 11.3 Å². The van der Waals surface area contributed by atoms with E-state index in [0.29, 0.717) is 6.54 Å². The maximum atomic E-state index is 12.6. The number of hydrogen-bond acceptors (Lipinski definition) is 4. The van der Waals surface area contributed by atoms with Crippen molar-refractivity contribution in [1.82, 2.24) is 15.3 Å². The van der Waals surface area contributed by atoms with Gasteiger partial charge in [-0.1, -0.05) is 53.6 Å². The standard InChI is InChI=1S/C25H28N4O/c1-18-6-8-20(9-7-18)16-26-25(30)21-10-12-29(13-11-21)24-15-23(27-17-28-24)22-5-3-4-19(2)14-22/h3-9,14-15,17,21H,10-13,16H2,1-2H3,(H,26,30). The summed E-state index contributed by atoms with van der Waals surface area (Å²) in [5, 5.41) is 3.10. The molecule has 5 heteroatoms. The Labute approximate surface area is 178 Å². The molecule has 0 radical (unpaired) electrons. The van der Waals surface area contributed by atoms with Gasteiger partial charge in [0.05, 0.1) is 5.69 Å². The van der Waals surface area contributed by atoms with Crippen LogP contribution in [0.4, 0.5) is 5.82 Å². The summed E-state index contributed by atoms with van der Waals surface area (Å²) in [6.45, 7) is 6.39. The molecule has 1 amide bonds. The van der Waals surface area contributed by atoms with Crippen LogP contribution in [0.1, 0.15) is 29.5 Å².